The van der Waals surface area contributed by atoms with Gasteiger partial charge in [-0.15, -0.1) is 11.3 Å². The third-order valence-electron chi connectivity index (χ3n) is 3.47. The van der Waals surface area contributed by atoms with Crippen molar-refractivity contribution in [1.29, 1.82) is 0 Å². The maximum absolute atomic E-state index is 12.3. The van der Waals surface area contributed by atoms with Gasteiger partial charge in [0, 0.05) is 18.7 Å². The van der Waals surface area contributed by atoms with Crippen LogP contribution in [-0.4, -0.2) is 24.2 Å². The first-order valence-corrected chi connectivity index (χ1v) is 8.03. The number of thiophene rings is 1. The highest BCUT2D eigenvalue weighted by Crippen LogP contribution is 2.28. The number of carbonyl (C=O) groups is 1. The van der Waals surface area contributed by atoms with Crippen LogP contribution in [-0.2, 0) is 0 Å². The lowest BCUT2D eigenvalue weighted by Crippen LogP contribution is -2.28. The van der Waals surface area contributed by atoms with Gasteiger partial charge >= 0.3 is 0 Å². The van der Waals surface area contributed by atoms with Gasteiger partial charge in [-0.2, -0.15) is 0 Å². The molecular weight excluding hydrogens is 282 g/mol. The van der Waals surface area contributed by atoms with Crippen LogP contribution in [0.5, 0.6) is 0 Å². The number of hydrogen-bond acceptors (Lipinski definition) is 3. The first-order valence-electron chi connectivity index (χ1n) is 7.15. The second-order valence-corrected chi connectivity index (χ2v) is 6.27. The summed E-state index contributed by atoms with van der Waals surface area (Å²) in [6.45, 7) is 4.81. The van der Waals surface area contributed by atoms with Crippen molar-refractivity contribution < 1.29 is 9.90 Å². The molecule has 4 heteroatoms. The Bertz CT molecular complexity index is 589. The summed E-state index contributed by atoms with van der Waals surface area (Å²) in [5, 5.41) is 13.8. The van der Waals surface area contributed by atoms with Gasteiger partial charge in [0.15, 0.2) is 0 Å². The molecule has 1 heterocycles. The Morgan fingerprint density at radius 1 is 1.29 bits per heavy atom. The number of amides is 1. The molecule has 0 spiro atoms. The fourth-order valence-corrected chi connectivity index (χ4v) is 2.95. The SMILES string of the molecule is Cc1ccc(-c2ccsc2C(=O)NCC(C)CCO)cc1. The minimum Gasteiger partial charge on any atom is -0.396 e. The molecule has 3 nitrogen and oxygen atoms in total. The van der Waals surface area contributed by atoms with Crippen molar-refractivity contribution in [1.82, 2.24) is 5.32 Å². The van der Waals surface area contributed by atoms with Gasteiger partial charge in [0.1, 0.15) is 0 Å². The molecule has 2 rings (SSSR count). The van der Waals surface area contributed by atoms with Crippen LogP contribution in [0, 0.1) is 12.8 Å². The van der Waals surface area contributed by atoms with E-state index in [0.717, 1.165) is 16.0 Å². The van der Waals surface area contributed by atoms with E-state index in [9.17, 15) is 4.79 Å². The predicted octanol–water partition coefficient (Wildman–Crippen LogP) is 3.47. The van der Waals surface area contributed by atoms with Crippen LogP contribution in [0.25, 0.3) is 11.1 Å². The summed E-state index contributed by atoms with van der Waals surface area (Å²) in [5.74, 6) is 0.243. The fourth-order valence-electron chi connectivity index (χ4n) is 2.12. The summed E-state index contributed by atoms with van der Waals surface area (Å²) >= 11 is 1.46. The molecule has 21 heavy (non-hydrogen) atoms. The zero-order valence-electron chi connectivity index (χ0n) is 12.4. The number of hydrogen-bond donors (Lipinski definition) is 2. The number of aryl methyl sites for hydroxylation is 1. The Kier molecular flexibility index (Phi) is 5.53. The lowest BCUT2D eigenvalue weighted by atomic mass is 10.0. The van der Waals surface area contributed by atoms with Gasteiger partial charge in [-0.25, -0.2) is 0 Å². The molecule has 0 fully saturated rings. The third-order valence-corrected chi connectivity index (χ3v) is 4.38. The molecule has 1 atom stereocenters. The summed E-state index contributed by atoms with van der Waals surface area (Å²) in [6.07, 6.45) is 0.704. The van der Waals surface area contributed by atoms with Crippen molar-refractivity contribution in [2.45, 2.75) is 20.3 Å². The number of aliphatic hydroxyl groups is 1. The molecule has 0 aliphatic heterocycles. The average Bonchev–Trinajstić information content (AvgIpc) is 2.95. The lowest BCUT2D eigenvalue weighted by molar-refractivity contribution is 0.0950. The highest BCUT2D eigenvalue weighted by molar-refractivity contribution is 7.12. The monoisotopic (exact) mass is 303 g/mol. The Morgan fingerprint density at radius 3 is 2.67 bits per heavy atom. The van der Waals surface area contributed by atoms with Crippen molar-refractivity contribution in [2.75, 3.05) is 13.2 Å². The Hall–Kier alpha value is -1.65. The van der Waals surface area contributed by atoms with Crippen LogP contribution in [0.1, 0.15) is 28.6 Å². The average molecular weight is 303 g/mol. The van der Waals surface area contributed by atoms with E-state index < -0.39 is 0 Å². The summed E-state index contributed by atoms with van der Waals surface area (Å²) in [6, 6.07) is 10.2. The molecule has 2 aromatic rings. The standard InChI is InChI=1S/C17H21NO2S/c1-12-3-5-14(6-4-12)15-8-10-21-16(15)17(20)18-11-13(2)7-9-19/h3-6,8,10,13,19H,7,9,11H2,1-2H3,(H,18,20). The first-order chi connectivity index (χ1) is 10.1. The summed E-state index contributed by atoms with van der Waals surface area (Å²) in [4.78, 5) is 13.1. The Morgan fingerprint density at radius 2 is 2.00 bits per heavy atom. The molecule has 1 aromatic carbocycles. The van der Waals surface area contributed by atoms with Crippen LogP contribution in [0.3, 0.4) is 0 Å². The van der Waals surface area contributed by atoms with E-state index in [2.05, 4.69) is 17.4 Å². The molecule has 1 unspecified atom stereocenters. The van der Waals surface area contributed by atoms with E-state index in [-0.39, 0.29) is 18.4 Å². The molecule has 0 bridgehead atoms. The smallest absolute Gasteiger partial charge is 0.261 e. The number of nitrogens with one attached hydrogen (secondary N) is 1. The fraction of sp³-hybridized carbons (Fsp3) is 0.353. The van der Waals surface area contributed by atoms with Crippen LogP contribution < -0.4 is 5.32 Å². The maximum atomic E-state index is 12.3. The third kappa shape index (κ3) is 4.16. The number of aliphatic hydroxyl groups excluding tert-OH is 1. The van der Waals surface area contributed by atoms with E-state index in [1.807, 2.05) is 37.4 Å². The van der Waals surface area contributed by atoms with Gasteiger partial charge < -0.3 is 10.4 Å². The zero-order chi connectivity index (χ0) is 15.2. The minimum atomic E-state index is -0.0367. The molecule has 0 radical (unpaired) electrons. The van der Waals surface area contributed by atoms with E-state index in [0.29, 0.717) is 13.0 Å². The van der Waals surface area contributed by atoms with Gasteiger partial charge in [0.25, 0.3) is 5.91 Å². The molecule has 112 valence electrons. The summed E-state index contributed by atoms with van der Waals surface area (Å²) < 4.78 is 0. The van der Waals surface area contributed by atoms with Gasteiger partial charge in [0.05, 0.1) is 4.88 Å². The topological polar surface area (TPSA) is 49.3 Å². The van der Waals surface area contributed by atoms with E-state index in [1.165, 1.54) is 16.9 Å². The second kappa shape index (κ2) is 7.38. The van der Waals surface area contributed by atoms with E-state index in [4.69, 9.17) is 5.11 Å². The van der Waals surface area contributed by atoms with Crippen molar-refractivity contribution in [3.05, 3.63) is 46.2 Å². The van der Waals surface area contributed by atoms with Crippen molar-refractivity contribution in [3.63, 3.8) is 0 Å². The molecule has 0 aliphatic rings. The number of rotatable bonds is 6. The van der Waals surface area contributed by atoms with Crippen LogP contribution in [0.15, 0.2) is 35.7 Å². The van der Waals surface area contributed by atoms with Crippen molar-refractivity contribution in [3.8, 4) is 11.1 Å². The quantitative estimate of drug-likeness (QED) is 0.858. The van der Waals surface area contributed by atoms with E-state index in [1.54, 1.807) is 0 Å². The maximum Gasteiger partial charge on any atom is 0.261 e. The van der Waals surface area contributed by atoms with E-state index >= 15 is 0 Å². The predicted molar refractivity (Wildman–Crippen MR) is 87.7 cm³/mol. The van der Waals surface area contributed by atoms with Gasteiger partial charge in [-0.3, -0.25) is 4.79 Å². The van der Waals surface area contributed by atoms with Crippen LogP contribution in [0.4, 0.5) is 0 Å². The highest BCUT2D eigenvalue weighted by Gasteiger charge is 2.15. The molecule has 0 aliphatic carbocycles. The highest BCUT2D eigenvalue weighted by atomic mass is 32.1. The van der Waals surface area contributed by atoms with Crippen LogP contribution >= 0.6 is 11.3 Å². The second-order valence-electron chi connectivity index (χ2n) is 5.36. The largest absolute Gasteiger partial charge is 0.396 e. The number of carbonyl (C=O) groups excluding carboxylic acids is 1. The molecule has 2 N–H and O–H groups in total. The minimum absolute atomic E-state index is 0.0367. The van der Waals surface area contributed by atoms with Crippen molar-refractivity contribution in [2.24, 2.45) is 5.92 Å². The molecule has 0 saturated carbocycles. The van der Waals surface area contributed by atoms with Gasteiger partial charge in [-0.05, 0) is 36.3 Å². The summed E-state index contributed by atoms with van der Waals surface area (Å²) in [7, 11) is 0. The first kappa shape index (κ1) is 15.7. The molecule has 0 saturated heterocycles. The molecule has 1 amide bonds. The summed E-state index contributed by atoms with van der Waals surface area (Å²) in [5.41, 5.74) is 3.25. The van der Waals surface area contributed by atoms with Gasteiger partial charge in [-0.1, -0.05) is 36.8 Å². The lowest BCUT2D eigenvalue weighted by Gasteiger charge is -2.11. The molecule has 1 aromatic heterocycles. The normalized spacial score (nSPS) is 12.1. The Balaban J connectivity index is 2.09. The zero-order valence-corrected chi connectivity index (χ0v) is 13.2. The Labute approximate surface area is 129 Å². The van der Waals surface area contributed by atoms with Crippen LogP contribution in [0.2, 0.25) is 0 Å². The van der Waals surface area contributed by atoms with Gasteiger partial charge in [0.2, 0.25) is 0 Å². The van der Waals surface area contributed by atoms with Crippen molar-refractivity contribution >= 4 is 17.2 Å². The number of benzene rings is 1. The molecular formula is C17H21NO2S.